The molecule has 0 atom stereocenters. The van der Waals surface area contributed by atoms with Crippen LogP contribution in [0.5, 0.6) is 11.5 Å². The van der Waals surface area contributed by atoms with Gasteiger partial charge in [0.25, 0.3) is 5.22 Å². The van der Waals surface area contributed by atoms with Crippen molar-refractivity contribution in [1.82, 2.24) is 15.2 Å². The van der Waals surface area contributed by atoms with E-state index in [9.17, 15) is 0 Å². The highest BCUT2D eigenvalue weighted by Gasteiger charge is 2.17. The third-order valence-corrected chi connectivity index (χ3v) is 5.84. The third-order valence-electron chi connectivity index (χ3n) is 4.50. The summed E-state index contributed by atoms with van der Waals surface area (Å²) in [5, 5.41) is 10.4. The minimum atomic E-state index is 0.225. The topological polar surface area (TPSA) is 70.3 Å². The van der Waals surface area contributed by atoms with E-state index in [2.05, 4.69) is 15.2 Å². The summed E-state index contributed by atoms with van der Waals surface area (Å²) in [6.45, 7) is 2.23. The molecule has 1 aliphatic heterocycles. The summed E-state index contributed by atoms with van der Waals surface area (Å²) in [6.07, 6.45) is 0. The lowest BCUT2D eigenvalue weighted by atomic mass is 10.1. The second-order valence-corrected chi connectivity index (χ2v) is 7.55. The van der Waals surface area contributed by atoms with E-state index in [1.807, 2.05) is 49.4 Å². The molecule has 0 aliphatic carbocycles. The van der Waals surface area contributed by atoms with E-state index in [0.29, 0.717) is 33.4 Å². The SMILES string of the molecule is Cc1c(Cl)c(CSc2nnc(-c3ccc4c(c3)OCO4)o2)nc2ccccc12. The van der Waals surface area contributed by atoms with Crippen molar-refractivity contribution in [2.75, 3.05) is 6.79 Å². The van der Waals surface area contributed by atoms with Crippen LogP contribution >= 0.6 is 23.4 Å². The van der Waals surface area contributed by atoms with Gasteiger partial charge in [-0.3, -0.25) is 4.98 Å². The fourth-order valence-electron chi connectivity index (χ4n) is 3.06. The summed E-state index contributed by atoms with van der Waals surface area (Å²) in [7, 11) is 0. The van der Waals surface area contributed by atoms with Gasteiger partial charge in [0.2, 0.25) is 12.7 Å². The number of thioether (sulfide) groups is 1. The van der Waals surface area contributed by atoms with Crippen molar-refractivity contribution < 1.29 is 13.9 Å². The molecule has 3 heterocycles. The third kappa shape index (κ3) is 3.06. The smallest absolute Gasteiger partial charge is 0.277 e. The van der Waals surface area contributed by atoms with E-state index >= 15 is 0 Å². The van der Waals surface area contributed by atoms with Gasteiger partial charge in [-0.15, -0.1) is 10.2 Å². The van der Waals surface area contributed by atoms with Gasteiger partial charge in [-0.1, -0.05) is 41.6 Å². The minimum Gasteiger partial charge on any atom is -0.454 e. The zero-order valence-electron chi connectivity index (χ0n) is 14.8. The summed E-state index contributed by atoms with van der Waals surface area (Å²) in [6, 6.07) is 13.5. The number of hydrogen-bond acceptors (Lipinski definition) is 7. The van der Waals surface area contributed by atoms with Gasteiger partial charge in [0.15, 0.2) is 11.5 Å². The molecule has 2 aromatic heterocycles. The fraction of sp³-hybridized carbons (Fsp3) is 0.150. The molecule has 1 aliphatic rings. The number of nitrogens with zero attached hydrogens (tertiary/aromatic N) is 3. The number of aryl methyl sites for hydroxylation is 1. The first-order chi connectivity index (χ1) is 13.7. The Labute approximate surface area is 169 Å². The Kier molecular flexibility index (Phi) is 4.33. The molecular formula is C20H14ClN3O3S. The van der Waals surface area contributed by atoms with E-state index in [4.69, 9.17) is 25.5 Å². The lowest BCUT2D eigenvalue weighted by molar-refractivity contribution is 0.174. The number of hydrogen-bond donors (Lipinski definition) is 0. The van der Waals surface area contributed by atoms with Crippen LogP contribution in [-0.2, 0) is 5.75 Å². The Morgan fingerprint density at radius 1 is 1.07 bits per heavy atom. The first-order valence-electron chi connectivity index (χ1n) is 8.59. The van der Waals surface area contributed by atoms with E-state index in [1.165, 1.54) is 11.8 Å². The van der Waals surface area contributed by atoms with Gasteiger partial charge in [0, 0.05) is 16.7 Å². The van der Waals surface area contributed by atoms with E-state index in [0.717, 1.165) is 27.7 Å². The van der Waals surface area contributed by atoms with E-state index in [-0.39, 0.29) is 6.79 Å². The highest BCUT2D eigenvalue weighted by atomic mass is 35.5. The second kappa shape index (κ2) is 7.00. The fourth-order valence-corrected chi connectivity index (χ4v) is 4.05. The predicted molar refractivity (Wildman–Crippen MR) is 107 cm³/mol. The molecule has 0 saturated carbocycles. The quantitative estimate of drug-likeness (QED) is 0.424. The van der Waals surface area contributed by atoms with Crippen LogP contribution in [0.25, 0.3) is 22.4 Å². The van der Waals surface area contributed by atoms with Crippen molar-refractivity contribution in [3.63, 3.8) is 0 Å². The molecule has 140 valence electrons. The van der Waals surface area contributed by atoms with Crippen LogP contribution in [0.15, 0.2) is 52.1 Å². The Bertz CT molecular complexity index is 1190. The van der Waals surface area contributed by atoms with Gasteiger partial charge in [-0.2, -0.15) is 0 Å². The number of halogens is 1. The van der Waals surface area contributed by atoms with Crippen LogP contribution in [0.4, 0.5) is 0 Å². The van der Waals surface area contributed by atoms with Gasteiger partial charge in [-0.25, -0.2) is 0 Å². The Balaban J connectivity index is 1.37. The maximum absolute atomic E-state index is 6.53. The minimum absolute atomic E-state index is 0.225. The van der Waals surface area contributed by atoms with Crippen molar-refractivity contribution >= 4 is 34.3 Å². The summed E-state index contributed by atoms with van der Waals surface area (Å²) in [5.74, 6) is 2.35. The summed E-state index contributed by atoms with van der Waals surface area (Å²) < 4.78 is 16.5. The standard InChI is InChI=1S/C20H14ClN3O3S/c1-11-13-4-2-3-5-14(13)22-15(18(11)21)9-28-20-24-23-19(27-20)12-6-7-16-17(8-12)26-10-25-16/h2-8H,9-10H2,1H3. The average molecular weight is 412 g/mol. The van der Waals surface area contributed by atoms with Crippen LogP contribution in [0.3, 0.4) is 0 Å². The highest BCUT2D eigenvalue weighted by molar-refractivity contribution is 7.98. The van der Waals surface area contributed by atoms with Gasteiger partial charge in [0.1, 0.15) is 0 Å². The van der Waals surface area contributed by atoms with Crippen LogP contribution in [0.2, 0.25) is 5.02 Å². The first-order valence-corrected chi connectivity index (χ1v) is 9.95. The number of benzene rings is 2. The molecule has 0 radical (unpaired) electrons. The van der Waals surface area contributed by atoms with Gasteiger partial charge < -0.3 is 13.9 Å². The Hall–Kier alpha value is -2.77. The monoisotopic (exact) mass is 411 g/mol. The van der Waals surface area contributed by atoms with E-state index in [1.54, 1.807) is 0 Å². The van der Waals surface area contributed by atoms with Crippen molar-refractivity contribution in [2.45, 2.75) is 17.9 Å². The zero-order chi connectivity index (χ0) is 19.1. The normalized spacial score (nSPS) is 12.6. The van der Waals surface area contributed by atoms with E-state index < -0.39 is 0 Å². The van der Waals surface area contributed by atoms with Crippen LogP contribution in [0.1, 0.15) is 11.3 Å². The molecule has 0 N–H and O–H groups in total. The summed E-state index contributed by atoms with van der Waals surface area (Å²) in [4.78, 5) is 4.68. The largest absolute Gasteiger partial charge is 0.454 e. The molecule has 0 bridgehead atoms. The molecule has 4 aromatic rings. The molecule has 28 heavy (non-hydrogen) atoms. The molecule has 5 rings (SSSR count). The van der Waals surface area contributed by atoms with Crippen molar-refractivity contribution in [3.8, 4) is 23.0 Å². The number of ether oxygens (including phenoxy) is 2. The predicted octanol–water partition coefficient (Wildman–Crippen LogP) is 5.27. The number of fused-ring (bicyclic) bond motifs is 2. The van der Waals surface area contributed by atoms with Gasteiger partial charge in [0.05, 0.1) is 16.2 Å². The number of aromatic nitrogens is 3. The molecule has 6 nitrogen and oxygen atoms in total. The molecule has 0 amide bonds. The second-order valence-electron chi connectivity index (χ2n) is 6.24. The number of pyridine rings is 1. The maximum Gasteiger partial charge on any atom is 0.277 e. The van der Waals surface area contributed by atoms with Crippen LogP contribution in [-0.4, -0.2) is 22.0 Å². The van der Waals surface area contributed by atoms with Gasteiger partial charge in [-0.05, 0) is 36.8 Å². The van der Waals surface area contributed by atoms with Gasteiger partial charge >= 0.3 is 0 Å². The average Bonchev–Trinajstić information content (AvgIpc) is 3.38. The van der Waals surface area contributed by atoms with Crippen LogP contribution in [0, 0.1) is 6.92 Å². The maximum atomic E-state index is 6.53. The Morgan fingerprint density at radius 2 is 1.93 bits per heavy atom. The number of rotatable bonds is 4. The van der Waals surface area contributed by atoms with Crippen molar-refractivity contribution in [3.05, 3.63) is 58.7 Å². The Morgan fingerprint density at radius 3 is 2.86 bits per heavy atom. The first kappa shape index (κ1) is 17.3. The zero-order valence-corrected chi connectivity index (χ0v) is 16.4. The molecule has 2 aromatic carbocycles. The van der Waals surface area contributed by atoms with Crippen molar-refractivity contribution in [2.24, 2.45) is 0 Å². The molecule has 0 fully saturated rings. The number of para-hydroxylation sites is 1. The van der Waals surface area contributed by atoms with Crippen LogP contribution < -0.4 is 9.47 Å². The molecule has 0 unspecified atom stereocenters. The molecule has 0 spiro atoms. The molecule has 0 saturated heterocycles. The summed E-state index contributed by atoms with van der Waals surface area (Å²) >= 11 is 7.93. The summed E-state index contributed by atoms with van der Waals surface area (Å²) in [5.41, 5.74) is 3.52. The highest BCUT2D eigenvalue weighted by Crippen LogP contribution is 2.36. The lowest BCUT2D eigenvalue weighted by Crippen LogP contribution is -1.94. The van der Waals surface area contributed by atoms with Crippen molar-refractivity contribution in [1.29, 1.82) is 0 Å². The molecule has 8 heteroatoms. The lowest BCUT2D eigenvalue weighted by Gasteiger charge is -2.08. The molecular weight excluding hydrogens is 398 g/mol.